The molecular formula is C18H23N3O2S. The lowest BCUT2D eigenvalue weighted by atomic mass is 10.2. The maximum atomic E-state index is 12.5. The zero-order valence-electron chi connectivity index (χ0n) is 13.7. The highest BCUT2D eigenvalue weighted by Crippen LogP contribution is 2.22. The van der Waals surface area contributed by atoms with Crippen LogP contribution >= 0.6 is 0 Å². The molecule has 2 aromatic rings. The average Bonchev–Trinajstić information content (AvgIpc) is 2.87. The van der Waals surface area contributed by atoms with Crippen LogP contribution in [-0.4, -0.2) is 31.9 Å². The number of rotatable bonds is 5. The van der Waals surface area contributed by atoms with Crippen LogP contribution in [0.3, 0.4) is 0 Å². The Morgan fingerprint density at radius 3 is 2.46 bits per heavy atom. The average molecular weight is 345 g/mol. The minimum Gasteiger partial charge on any atom is -0.399 e. The van der Waals surface area contributed by atoms with E-state index in [1.54, 1.807) is 12.1 Å². The molecule has 2 aromatic carbocycles. The maximum Gasteiger partial charge on any atom is 0.240 e. The first-order valence-corrected chi connectivity index (χ1v) is 9.58. The number of hydrogen-bond donors (Lipinski definition) is 2. The van der Waals surface area contributed by atoms with Gasteiger partial charge in [0.05, 0.1) is 4.90 Å². The maximum absolute atomic E-state index is 12.5. The van der Waals surface area contributed by atoms with E-state index in [1.807, 2.05) is 18.2 Å². The van der Waals surface area contributed by atoms with E-state index in [9.17, 15) is 8.42 Å². The first kappa shape index (κ1) is 17.0. The molecular weight excluding hydrogens is 322 g/mol. The first-order chi connectivity index (χ1) is 11.4. The zero-order valence-corrected chi connectivity index (χ0v) is 14.5. The van der Waals surface area contributed by atoms with Gasteiger partial charge in [-0.25, -0.2) is 13.1 Å². The Balaban J connectivity index is 1.65. The van der Waals surface area contributed by atoms with Crippen LogP contribution in [0.2, 0.25) is 0 Å². The summed E-state index contributed by atoms with van der Waals surface area (Å²) in [6, 6.07) is 16.8. The van der Waals surface area contributed by atoms with E-state index < -0.39 is 10.0 Å². The summed E-state index contributed by atoms with van der Waals surface area (Å²) in [6.45, 7) is 3.69. The van der Waals surface area contributed by atoms with Crippen molar-refractivity contribution in [2.24, 2.45) is 0 Å². The molecule has 0 amide bonds. The first-order valence-electron chi connectivity index (χ1n) is 8.10. The number of benzene rings is 2. The number of anilines is 1. The van der Waals surface area contributed by atoms with E-state index in [0.717, 1.165) is 13.0 Å². The van der Waals surface area contributed by atoms with Crippen molar-refractivity contribution in [3.05, 3.63) is 60.2 Å². The van der Waals surface area contributed by atoms with E-state index in [1.165, 1.54) is 17.7 Å². The second kappa shape index (κ2) is 6.93. The molecule has 1 aliphatic heterocycles. The van der Waals surface area contributed by atoms with Crippen molar-refractivity contribution in [3.63, 3.8) is 0 Å². The number of nitrogens with two attached hydrogens (primary N) is 1. The minimum atomic E-state index is -3.51. The molecule has 1 fully saturated rings. The van der Waals surface area contributed by atoms with E-state index in [-0.39, 0.29) is 10.9 Å². The highest BCUT2D eigenvalue weighted by atomic mass is 32.2. The molecule has 128 valence electrons. The molecule has 5 nitrogen and oxygen atoms in total. The molecule has 3 rings (SSSR count). The SMILES string of the molecule is C[C@H]1C[C@H](NS(=O)(=O)c2ccc(N)cc2)CN1Cc1ccccc1. The molecule has 0 unspecified atom stereocenters. The quantitative estimate of drug-likeness (QED) is 0.815. The summed E-state index contributed by atoms with van der Waals surface area (Å²) in [5.74, 6) is 0. The number of likely N-dealkylation sites (tertiary alicyclic amines) is 1. The topological polar surface area (TPSA) is 75.4 Å². The number of nitrogens with zero attached hydrogens (tertiary/aromatic N) is 1. The van der Waals surface area contributed by atoms with Gasteiger partial charge in [-0.2, -0.15) is 0 Å². The highest BCUT2D eigenvalue weighted by Gasteiger charge is 2.32. The van der Waals surface area contributed by atoms with Crippen molar-refractivity contribution in [1.29, 1.82) is 0 Å². The molecule has 0 radical (unpaired) electrons. The fourth-order valence-corrected chi connectivity index (χ4v) is 4.40. The Bertz CT molecular complexity index is 776. The fourth-order valence-electron chi connectivity index (χ4n) is 3.16. The van der Waals surface area contributed by atoms with Gasteiger partial charge >= 0.3 is 0 Å². The third-order valence-corrected chi connectivity index (χ3v) is 5.98. The van der Waals surface area contributed by atoms with Crippen LogP contribution in [0, 0.1) is 0 Å². The molecule has 0 aromatic heterocycles. The van der Waals surface area contributed by atoms with Crippen molar-refractivity contribution in [2.75, 3.05) is 12.3 Å². The molecule has 24 heavy (non-hydrogen) atoms. The van der Waals surface area contributed by atoms with Crippen LogP contribution in [0.4, 0.5) is 5.69 Å². The van der Waals surface area contributed by atoms with Gasteiger partial charge < -0.3 is 5.73 Å². The molecule has 0 spiro atoms. The molecule has 6 heteroatoms. The van der Waals surface area contributed by atoms with Gasteiger partial charge in [0.15, 0.2) is 0 Å². The number of sulfonamides is 1. The van der Waals surface area contributed by atoms with Gasteiger partial charge in [-0.15, -0.1) is 0 Å². The molecule has 0 aliphatic carbocycles. The lowest BCUT2D eigenvalue weighted by Crippen LogP contribution is -2.37. The summed E-state index contributed by atoms with van der Waals surface area (Å²) in [6.07, 6.45) is 0.807. The summed E-state index contributed by atoms with van der Waals surface area (Å²) in [4.78, 5) is 2.57. The lowest BCUT2D eigenvalue weighted by molar-refractivity contribution is 0.258. The van der Waals surface area contributed by atoms with Gasteiger partial charge in [-0.3, -0.25) is 4.90 Å². The highest BCUT2D eigenvalue weighted by molar-refractivity contribution is 7.89. The van der Waals surface area contributed by atoms with Crippen molar-refractivity contribution in [3.8, 4) is 0 Å². The third-order valence-electron chi connectivity index (χ3n) is 4.44. The van der Waals surface area contributed by atoms with Crippen molar-refractivity contribution in [2.45, 2.75) is 36.9 Å². The standard InChI is InChI=1S/C18H23N3O2S/c1-14-11-17(13-21(14)12-15-5-3-2-4-6-15)20-24(22,23)18-9-7-16(19)8-10-18/h2-10,14,17,20H,11-13,19H2,1H3/t14-,17-/m0/s1. The molecule has 2 atom stereocenters. The van der Waals surface area contributed by atoms with Gasteiger partial charge in [0.25, 0.3) is 0 Å². The van der Waals surface area contributed by atoms with Crippen LogP contribution in [0.5, 0.6) is 0 Å². The summed E-state index contributed by atoms with van der Waals surface area (Å²) in [5, 5.41) is 0. The predicted molar refractivity (Wildman–Crippen MR) is 95.9 cm³/mol. The molecule has 0 saturated carbocycles. The Morgan fingerprint density at radius 1 is 1.12 bits per heavy atom. The van der Waals surface area contributed by atoms with Gasteiger partial charge in [0.1, 0.15) is 0 Å². The Hall–Kier alpha value is -1.89. The normalized spacial score (nSPS) is 21.9. The predicted octanol–water partition coefficient (Wildman–Crippen LogP) is 2.21. The summed E-state index contributed by atoms with van der Waals surface area (Å²) in [7, 11) is -3.51. The minimum absolute atomic E-state index is 0.0775. The van der Waals surface area contributed by atoms with Crippen LogP contribution in [-0.2, 0) is 16.6 Å². The summed E-state index contributed by atoms with van der Waals surface area (Å²) in [5.41, 5.74) is 7.42. The second-order valence-corrected chi connectivity index (χ2v) is 8.10. The second-order valence-electron chi connectivity index (χ2n) is 6.39. The van der Waals surface area contributed by atoms with Crippen molar-refractivity contribution >= 4 is 15.7 Å². The van der Waals surface area contributed by atoms with Crippen LogP contribution in [0.1, 0.15) is 18.9 Å². The van der Waals surface area contributed by atoms with E-state index in [0.29, 0.717) is 18.3 Å². The summed E-state index contributed by atoms with van der Waals surface area (Å²) < 4.78 is 27.8. The largest absolute Gasteiger partial charge is 0.399 e. The molecule has 3 N–H and O–H groups in total. The van der Waals surface area contributed by atoms with E-state index in [4.69, 9.17) is 5.73 Å². The van der Waals surface area contributed by atoms with Gasteiger partial charge in [0.2, 0.25) is 10.0 Å². The van der Waals surface area contributed by atoms with Crippen molar-refractivity contribution < 1.29 is 8.42 Å². The van der Waals surface area contributed by atoms with Gasteiger partial charge in [-0.1, -0.05) is 30.3 Å². The monoisotopic (exact) mass is 345 g/mol. The number of hydrogen-bond acceptors (Lipinski definition) is 4. The smallest absolute Gasteiger partial charge is 0.240 e. The van der Waals surface area contributed by atoms with E-state index >= 15 is 0 Å². The van der Waals surface area contributed by atoms with Crippen LogP contribution in [0.15, 0.2) is 59.5 Å². The molecule has 0 bridgehead atoms. The van der Waals surface area contributed by atoms with E-state index in [2.05, 4.69) is 28.7 Å². The zero-order chi connectivity index (χ0) is 17.2. The summed E-state index contributed by atoms with van der Waals surface area (Å²) >= 11 is 0. The Labute approximate surface area is 143 Å². The Morgan fingerprint density at radius 2 is 1.79 bits per heavy atom. The van der Waals surface area contributed by atoms with Crippen LogP contribution in [0.25, 0.3) is 0 Å². The van der Waals surface area contributed by atoms with Crippen LogP contribution < -0.4 is 10.5 Å². The molecule has 1 heterocycles. The number of nitrogen functional groups attached to an aromatic ring is 1. The fraction of sp³-hybridized carbons (Fsp3) is 0.333. The van der Waals surface area contributed by atoms with Gasteiger partial charge in [0, 0.05) is 30.9 Å². The number of nitrogens with one attached hydrogen (secondary N) is 1. The lowest BCUT2D eigenvalue weighted by Gasteiger charge is -2.20. The molecule has 1 saturated heterocycles. The van der Waals surface area contributed by atoms with Gasteiger partial charge in [-0.05, 0) is 43.2 Å². The Kier molecular flexibility index (Phi) is 4.89. The van der Waals surface area contributed by atoms with Crippen molar-refractivity contribution in [1.82, 2.24) is 9.62 Å². The third kappa shape index (κ3) is 3.95. The molecule has 1 aliphatic rings.